The van der Waals surface area contributed by atoms with Gasteiger partial charge in [0.1, 0.15) is 12.1 Å². The second-order valence-corrected chi connectivity index (χ2v) is 6.96. The van der Waals surface area contributed by atoms with Crippen LogP contribution in [0.2, 0.25) is 0 Å². The summed E-state index contributed by atoms with van der Waals surface area (Å²) in [5.41, 5.74) is 2.08. The van der Waals surface area contributed by atoms with Gasteiger partial charge in [0.2, 0.25) is 5.89 Å². The van der Waals surface area contributed by atoms with Crippen LogP contribution in [0.4, 0.5) is 4.39 Å². The summed E-state index contributed by atoms with van der Waals surface area (Å²) in [6.07, 6.45) is 7.53. The molecule has 0 amide bonds. The normalized spacial score (nSPS) is 15.6. The number of hydrogen-bond acceptors (Lipinski definition) is 3. The zero-order valence-corrected chi connectivity index (χ0v) is 18.3. The van der Waals surface area contributed by atoms with Crippen molar-refractivity contribution in [2.75, 3.05) is 20.1 Å². The molecule has 1 aliphatic rings. The maximum absolute atomic E-state index is 13.0. The van der Waals surface area contributed by atoms with E-state index in [2.05, 4.69) is 27.5 Å². The van der Waals surface area contributed by atoms with E-state index in [1.54, 1.807) is 25.4 Å². The minimum absolute atomic E-state index is 0. The molecule has 0 aliphatic heterocycles. The van der Waals surface area contributed by atoms with Crippen molar-refractivity contribution < 1.29 is 8.81 Å². The first-order valence-electron chi connectivity index (χ1n) is 9.29. The average molecular weight is 486 g/mol. The van der Waals surface area contributed by atoms with Gasteiger partial charge < -0.3 is 15.1 Å². The van der Waals surface area contributed by atoms with Crippen molar-refractivity contribution in [2.45, 2.75) is 39.0 Å². The van der Waals surface area contributed by atoms with E-state index in [9.17, 15) is 4.39 Å². The molecular formula is C20H28FIN4O. The van der Waals surface area contributed by atoms with Crippen molar-refractivity contribution >= 4 is 29.9 Å². The van der Waals surface area contributed by atoms with Gasteiger partial charge in [-0.25, -0.2) is 9.37 Å². The highest BCUT2D eigenvalue weighted by Gasteiger charge is 2.34. The lowest BCUT2D eigenvalue weighted by molar-refractivity contribution is 0.131. The summed E-state index contributed by atoms with van der Waals surface area (Å²) in [7, 11) is 1.79. The second kappa shape index (κ2) is 10.1. The van der Waals surface area contributed by atoms with E-state index >= 15 is 0 Å². The molecule has 0 spiro atoms. The third-order valence-electron chi connectivity index (χ3n) is 5.34. The predicted molar refractivity (Wildman–Crippen MR) is 117 cm³/mol. The highest BCUT2D eigenvalue weighted by molar-refractivity contribution is 14.0. The molecule has 148 valence electrons. The maximum Gasteiger partial charge on any atom is 0.226 e. The van der Waals surface area contributed by atoms with Gasteiger partial charge in [0.15, 0.2) is 5.96 Å². The Morgan fingerprint density at radius 3 is 2.59 bits per heavy atom. The van der Waals surface area contributed by atoms with Crippen LogP contribution in [-0.2, 0) is 6.42 Å². The number of benzene rings is 1. The van der Waals surface area contributed by atoms with Gasteiger partial charge in [-0.05, 0) is 48.9 Å². The van der Waals surface area contributed by atoms with Gasteiger partial charge in [-0.3, -0.25) is 4.99 Å². The van der Waals surface area contributed by atoms with E-state index in [-0.39, 0.29) is 29.8 Å². The first kappa shape index (κ1) is 21.7. The van der Waals surface area contributed by atoms with Crippen LogP contribution in [0.1, 0.15) is 38.3 Å². The van der Waals surface area contributed by atoms with E-state index in [1.807, 2.05) is 0 Å². The molecule has 1 fully saturated rings. The molecule has 0 saturated heterocycles. The number of aromatic nitrogens is 1. The average Bonchev–Trinajstić information content (AvgIpc) is 3.09. The smallest absolute Gasteiger partial charge is 0.226 e. The number of halogens is 2. The number of guanidine groups is 1. The molecule has 0 radical (unpaired) electrons. The van der Waals surface area contributed by atoms with Crippen molar-refractivity contribution in [3.05, 3.63) is 42.0 Å². The van der Waals surface area contributed by atoms with Gasteiger partial charge >= 0.3 is 0 Å². The Morgan fingerprint density at radius 1 is 1.26 bits per heavy atom. The minimum atomic E-state index is -0.268. The van der Waals surface area contributed by atoms with Crippen LogP contribution < -0.4 is 10.6 Å². The fourth-order valence-electron chi connectivity index (χ4n) is 3.28. The summed E-state index contributed by atoms with van der Waals surface area (Å²) in [6.45, 7) is 3.95. The summed E-state index contributed by atoms with van der Waals surface area (Å²) in [6, 6.07) is 6.14. The SMILES string of the molecule is CCC1(CNC(=NC)NCCc2coc(-c3ccc(F)cc3)n2)CCC1.I. The second-order valence-electron chi connectivity index (χ2n) is 6.96. The monoisotopic (exact) mass is 486 g/mol. The minimum Gasteiger partial charge on any atom is -0.444 e. The highest BCUT2D eigenvalue weighted by Crippen LogP contribution is 2.42. The summed E-state index contributed by atoms with van der Waals surface area (Å²) >= 11 is 0. The zero-order chi connectivity index (χ0) is 18.4. The van der Waals surface area contributed by atoms with Crippen LogP contribution in [0.25, 0.3) is 11.5 Å². The van der Waals surface area contributed by atoms with E-state index in [0.717, 1.165) is 30.2 Å². The molecule has 0 bridgehead atoms. The largest absolute Gasteiger partial charge is 0.444 e. The van der Waals surface area contributed by atoms with Crippen molar-refractivity contribution in [1.82, 2.24) is 15.6 Å². The highest BCUT2D eigenvalue weighted by atomic mass is 127. The van der Waals surface area contributed by atoms with Crippen molar-refractivity contribution in [2.24, 2.45) is 10.4 Å². The predicted octanol–water partition coefficient (Wildman–Crippen LogP) is 4.39. The lowest BCUT2D eigenvalue weighted by Crippen LogP contribution is -2.46. The molecule has 7 heteroatoms. The Hall–Kier alpha value is -1.64. The number of oxazole rings is 1. The Kier molecular flexibility index (Phi) is 8.07. The molecule has 0 unspecified atom stereocenters. The zero-order valence-electron chi connectivity index (χ0n) is 15.9. The molecular weight excluding hydrogens is 458 g/mol. The molecule has 1 aromatic heterocycles. The number of nitrogens with one attached hydrogen (secondary N) is 2. The fourth-order valence-corrected chi connectivity index (χ4v) is 3.28. The lowest BCUT2D eigenvalue weighted by Gasteiger charge is -2.41. The molecule has 2 N–H and O–H groups in total. The third-order valence-corrected chi connectivity index (χ3v) is 5.34. The number of hydrogen-bond donors (Lipinski definition) is 2. The van der Waals surface area contributed by atoms with Gasteiger partial charge in [-0.15, -0.1) is 24.0 Å². The van der Waals surface area contributed by atoms with E-state index in [0.29, 0.717) is 17.9 Å². The molecule has 1 saturated carbocycles. The Labute approximate surface area is 177 Å². The van der Waals surface area contributed by atoms with Gasteiger partial charge in [0, 0.05) is 32.1 Å². The van der Waals surface area contributed by atoms with Crippen LogP contribution in [-0.4, -0.2) is 31.1 Å². The van der Waals surface area contributed by atoms with E-state index in [1.165, 1.54) is 37.8 Å². The van der Waals surface area contributed by atoms with Crippen LogP contribution >= 0.6 is 24.0 Å². The maximum atomic E-state index is 13.0. The molecule has 5 nitrogen and oxygen atoms in total. The topological polar surface area (TPSA) is 62.5 Å². The number of nitrogens with zero attached hydrogens (tertiary/aromatic N) is 2. The van der Waals surface area contributed by atoms with Crippen molar-refractivity contribution in [3.8, 4) is 11.5 Å². The molecule has 1 aromatic carbocycles. The van der Waals surface area contributed by atoms with Gasteiger partial charge in [-0.1, -0.05) is 13.3 Å². The van der Waals surface area contributed by atoms with E-state index < -0.39 is 0 Å². The van der Waals surface area contributed by atoms with Crippen LogP contribution in [0.5, 0.6) is 0 Å². The Morgan fingerprint density at radius 2 is 2.00 bits per heavy atom. The lowest BCUT2D eigenvalue weighted by atomic mass is 9.67. The van der Waals surface area contributed by atoms with Gasteiger partial charge in [-0.2, -0.15) is 0 Å². The third kappa shape index (κ3) is 5.67. The van der Waals surface area contributed by atoms with Crippen LogP contribution in [0, 0.1) is 11.2 Å². The molecule has 0 atom stereocenters. The first-order chi connectivity index (χ1) is 12.6. The standard InChI is InChI=1S/C20H27FN4O.HI/c1-3-20(10-4-11-20)14-24-19(22-2)23-12-9-17-13-26-18(25-17)15-5-7-16(21)8-6-15;/h5-8,13H,3-4,9-12,14H2,1-2H3,(H2,22,23,24);1H. The fraction of sp³-hybridized carbons (Fsp3) is 0.500. The van der Waals surface area contributed by atoms with Crippen LogP contribution in [0.3, 0.4) is 0 Å². The summed E-state index contributed by atoms with van der Waals surface area (Å²) in [5, 5.41) is 6.77. The molecule has 27 heavy (non-hydrogen) atoms. The van der Waals surface area contributed by atoms with E-state index in [4.69, 9.17) is 4.42 Å². The summed E-state index contributed by atoms with van der Waals surface area (Å²) in [4.78, 5) is 8.76. The van der Waals surface area contributed by atoms with Gasteiger partial charge in [0.05, 0.1) is 5.69 Å². The molecule has 1 aliphatic carbocycles. The number of aliphatic imine (C=N–C) groups is 1. The Bertz CT molecular complexity index is 735. The van der Waals surface area contributed by atoms with Crippen molar-refractivity contribution in [3.63, 3.8) is 0 Å². The first-order valence-corrected chi connectivity index (χ1v) is 9.29. The Balaban J connectivity index is 0.00000261. The molecule has 3 rings (SSSR count). The molecule has 1 heterocycles. The van der Waals surface area contributed by atoms with Crippen molar-refractivity contribution in [1.29, 1.82) is 0 Å². The van der Waals surface area contributed by atoms with Gasteiger partial charge in [0.25, 0.3) is 0 Å². The summed E-state index contributed by atoms with van der Waals surface area (Å²) < 4.78 is 18.5. The quantitative estimate of drug-likeness (QED) is 0.347. The molecule has 2 aromatic rings. The van der Waals surface area contributed by atoms with Crippen LogP contribution in [0.15, 0.2) is 39.9 Å². The summed E-state index contributed by atoms with van der Waals surface area (Å²) in [5.74, 6) is 1.07. The number of rotatable bonds is 7.